The van der Waals surface area contributed by atoms with Crippen LogP contribution in [0.3, 0.4) is 0 Å². The van der Waals surface area contributed by atoms with Crippen LogP contribution in [0.4, 0.5) is 29.3 Å². The van der Waals surface area contributed by atoms with Gasteiger partial charge in [0, 0.05) is 32.1 Å². The maximum Gasteiger partial charge on any atom is 0.283 e. The van der Waals surface area contributed by atoms with Crippen molar-refractivity contribution in [3.8, 4) is 0 Å². The van der Waals surface area contributed by atoms with Crippen LogP contribution in [0.25, 0.3) is 10.9 Å². The van der Waals surface area contributed by atoms with Crippen LogP contribution in [-0.4, -0.2) is 52.7 Å². The molecule has 1 saturated heterocycles. The molecule has 8 nitrogen and oxygen atoms in total. The summed E-state index contributed by atoms with van der Waals surface area (Å²) >= 11 is 0. The molecule has 2 fully saturated rings. The zero-order valence-electron chi connectivity index (χ0n) is 20.2. The highest BCUT2D eigenvalue weighted by molar-refractivity contribution is 7.90. The molecule has 0 N–H and O–H groups in total. The average molecular weight is 547 g/mol. The molecule has 0 radical (unpaired) electrons. The van der Waals surface area contributed by atoms with Gasteiger partial charge in [0.1, 0.15) is 5.82 Å². The van der Waals surface area contributed by atoms with Gasteiger partial charge >= 0.3 is 0 Å². The smallest absolute Gasteiger partial charge is 0.283 e. The summed E-state index contributed by atoms with van der Waals surface area (Å²) in [6, 6.07) is 8.39. The second-order valence-electron chi connectivity index (χ2n) is 9.72. The van der Waals surface area contributed by atoms with Crippen molar-refractivity contribution in [2.24, 2.45) is 0 Å². The van der Waals surface area contributed by atoms with Crippen LogP contribution in [0.5, 0.6) is 0 Å². The van der Waals surface area contributed by atoms with Crippen LogP contribution >= 0.6 is 0 Å². The van der Waals surface area contributed by atoms with E-state index in [1.165, 1.54) is 18.2 Å². The number of aromatic nitrogens is 4. The Kier molecular flexibility index (Phi) is 5.42. The van der Waals surface area contributed by atoms with E-state index >= 15 is 4.39 Å². The molecule has 0 atom stereocenters. The number of alkyl halides is 2. The highest BCUT2D eigenvalue weighted by atomic mass is 32.2. The molecule has 2 aliphatic rings. The Bertz CT molecular complexity index is 1630. The van der Waals surface area contributed by atoms with Crippen molar-refractivity contribution in [3.05, 3.63) is 72.1 Å². The minimum Gasteiger partial charge on any atom is -0.345 e. The van der Waals surface area contributed by atoms with Crippen LogP contribution in [0.1, 0.15) is 25.3 Å². The maximum atomic E-state index is 15.2. The number of nitrogens with zero attached hydrogens (tertiary/aromatic N) is 6. The summed E-state index contributed by atoms with van der Waals surface area (Å²) in [6.45, 7) is 2.00. The number of hydrogen-bond acceptors (Lipinski definition) is 7. The van der Waals surface area contributed by atoms with Gasteiger partial charge in [-0.25, -0.2) is 27.5 Å². The summed E-state index contributed by atoms with van der Waals surface area (Å²) in [5.74, 6) is -3.73. The van der Waals surface area contributed by atoms with E-state index in [1.54, 1.807) is 0 Å². The summed E-state index contributed by atoms with van der Waals surface area (Å²) in [4.78, 5) is 11.7. The van der Waals surface area contributed by atoms with Crippen LogP contribution in [0, 0.1) is 11.6 Å². The van der Waals surface area contributed by atoms with Gasteiger partial charge in [-0.2, -0.15) is 12.5 Å². The molecule has 0 unspecified atom stereocenters. The zero-order chi connectivity index (χ0) is 26.9. The Morgan fingerprint density at radius 3 is 2.29 bits per heavy atom. The molecular weight excluding hydrogens is 524 g/mol. The monoisotopic (exact) mass is 546 g/mol. The van der Waals surface area contributed by atoms with Crippen molar-refractivity contribution in [2.45, 2.75) is 36.1 Å². The van der Waals surface area contributed by atoms with E-state index in [0.29, 0.717) is 25.6 Å². The molecule has 3 heterocycles. The standard InChI is InChI=1S/C25H22F4N6O2S/c1-24(28,29)16-5-7-18(8-6-16)38(36,37)35-20-4-2-3-19(27)21(20)22(32-35)34-12-11-33(15-25(34)9-10-25)23-30-13-17(26)14-31-23/h2-8,13-14H,9-12,15H2,1H3. The van der Waals surface area contributed by atoms with E-state index in [1.807, 2.05) is 9.80 Å². The fourth-order valence-electron chi connectivity index (χ4n) is 4.99. The van der Waals surface area contributed by atoms with Gasteiger partial charge in [0.15, 0.2) is 11.6 Å². The van der Waals surface area contributed by atoms with Gasteiger partial charge in [-0.3, -0.25) is 0 Å². The van der Waals surface area contributed by atoms with Crippen molar-refractivity contribution < 1.29 is 26.0 Å². The first-order chi connectivity index (χ1) is 18.0. The fourth-order valence-corrected chi connectivity index (χ4v) is 6.27. The molecule has 6 rings (SSSR count). The predicted octanol–water partition coefficient (Wildman–Crippen LogP) is 4.31. The normalized spacial score (nSPS) is 17.4. The van der Waals surface area contributed by atoms with Gasteiger partial charge in [0.05, 0.1) is 33.7 Å². The lowest BCUT2D eigenvalue weighted by Crippen LogP contribution is -2.56. The number of hydrogen-bond donors (Lipinski definition) is 0. The maximum absolute atomic E-state index is 15.2. The van der Waals surface area contributed by atoms with E-state index in [-0.39, 0.29) is 27.2 Å². The number of benzene rings is 2. The predicted molar refractivity (Wildman–Crippen MR) is 132 cm³/mol. The molecule has 1 aliphatic carbocycles. The largest absolute Gasteiger partial charge is 0.345 e. The Balaban J connectivity index is 1.40. The minimum absolute atomic E-state index is 0.0463. The van der Waals surface area contributed by atoms with Crippen molar-refractivity contribution in [3.63, 3.8) is 0 Å². The van der Waals surface area contributed by atoms with E-state index in [4.69, 9.17) is 0 Å². The van der Waals surface area contributed by atoms with E-state index in [9.17, 15) is 21.6 Å². The zero-order valence-corrected chi connectivity index (χ0v) is 21.0. The summed E-state index contributed by atoms with van der Waals surface area (Å²) < 4.78 is 83.8. The Morgan fingerprint density at radius 2 is 1.66 bits per heavy atom. The molecule has 13 heteroatoms. The van der Waals surface area contributed by atoms with Gasteiger partial charge in [-0.1, -0.05) is 18.2 Å². The number of rotatable bonds is 5. The highest BCUT2D eigenvalue weighted by Gasteiger charge is 2.53. The quantitative estimate of drug-likeness (QED) is 0.345. The van der Waals surface area contributed by atoms with E-state index in [2.05, 4.69) is 15.1 Å². The lowest BCUT2D eigenvalue weighted by molar-refractivity contribution is 0.0174. The van der Waals surface area contributed by atoms with Gasteiger partial charge < -0.3 is 9.80 Å². The third-order valence-electron chi connectivity index (χ3n) is 7.12. The molecule has 4 aromatic rings. The van der Waals surface area contributed by atoms with Crippen molar-refractivity contribution in [1.82, 2.24) is 19.2 Å². The number of piperazine rings is 1. The highest BCUT2D eigenvalue weighted by Crippen LogP contribution is 2.48. The van der Waals surface area contributed by atoms with Crippen molar-refractivity contribution >= 4 is 32.7 Å². The van der Waals surface area contributed by atoms with Gasteiger partial charge in [0.25, 0.3) is 15.9 Å². The van der Waals surface area contributed by atoms with Crippen LogP contribution in [-0.2, 0) is 15.9 Å². The second-order valence-corrected chi connectivity index (χ2v) is 11.5. The number of halogens is 4. The molecule has 2 aromatic heterocycles. The molecule has 0 amide bonds. The summed E-state index contributed by atoms with van der Waals surface area (Å²) in [5, 5.41) is 4.47. The SMILES string of the molecule is CC(F)(F)c1ccc(S(=O)(=O)n2nc(N3CCN(c4ncc(F)cn4)CC34CC4)c3c(F)cccc32)cc1. The third kappa shape index (κ3) is 3.96. The van der Waals surface area contributed by atoms with Crippen molar-refractivity contribution in [1.29, 1.82) is 0 Å². The molecule has 1 spiro atoms. The molecule has 1 aliphatic heterocycles. The fraction of sp³-hybridized carbons (Fsp3) is 0.320. The van der Waals surface area contributed by atoms with Crippen molar-refractivity contribution in [2.75, 3.05) is 29.4 Å². The van der Waals surface area contributed by atoms with Crippen LogP contribution in [0.15, 0.2) is 59.8 Å². The summed E-state index contributed by atoms with van der Waals surface area (Å²) in [6.07, 6.45) is 3.70. The van der Waals surface area contributed by atoms with Crippen LogP contribution < -0.4 is 9.80 Å². The Hall–Kier alpha value is -3.74. The van der Waals surface area contributed by atoms with E-state index < -0.39 is 33.1 Å². The first-order valence-corrected chi connectivity index (χ1v) is 13.3. The van der Waals surface area contributed by atoms with Crippen LogP contribution in [0.2, 0.25) is 0 Å². The molecule has 2 aromatic carbocycles. The summed E-state index contributed by atoms with van der Waals surface area (Å²) in [5.41, 5.74) is -0.722. The average Bonchev–Trinajstić information content (AvgIpc) is 3.52. The molecule has 1 saturated carbocycles. The lowest BCUT2D eigenvalue weighted by Gasteiger charge is -2.42. The lowest BCUT2D eigenvalue weighted by atomic mass is 10.1. The number of fused-ring (bicyclic) bond motifs is 1. The van der Waals surface area contributed by atoms with E-state index in [0.717, 1.165) is 60.5 Å². The second kappa shape index (κ2) is 8.38. The molecular formula is C25H22F4N6O2S. The first kappa shape index (κ1) is 24.6. The van der Waals surface area contributed by atoms with Gasteiger partial charge in [-0.15, -0.1) is 5.10 Å². The Morgan fingerprint density at radius 1 is 0.974 bits per heavy atom. The minimum atomic E-state index is -4.34. The van der Waals surface area contributed by atoms with Gasteiger partial charge in [-0.05, 0) is 37.1 Å². The summed E-state index contributed by atoms with van der Waals surface area (Å²) in [7, 11) is -4.34. The number of anilines is 2. The first-order valence-electron chi connectivity index (χ1n) is 11.9. The van der Waals surface area contributed by atoms with Gasteiger partial charge in [0.2, 0.25) is 5.95 Å². The topological polar surface area (TPSA) is 84.2 Å². The molecule has 198 valence electrons. The Labute approximate surface area is 215 Å². The molecule has 0 bridgehead atoms. The third-order valence-corrected chi connectivity index (χ3v) is 8.72. The molecule has 38 heavy (non-hydrogen) atoms.